The minimum absolute atomic E-state index is 0.422. The first kappa shape index (κ1) is 14.3. The SMILES string of the molecule is CC(C)N1CCCC(C2(C(C)C)CCCCN2)C1. The molecule has 0 bridgehead atoms. The van der Waals surface area contributed by atoms with Gasteiger partial charge < -0.3 is 10.2 Å². The molecule has 0 aromatic carbocycles. The lowest BCUT2D eigenvalue weighted by molar-refractivity contribution is 0.0328. The number of hydrogen-bond acceptors (Lipinski definition) is 2. The van der Waals surface area contributed by atoms with Crippen LogP contribution in [0.2, 0.25) is 0 Å². The van der Waals surface area contributed by atoms with Gasteiger partial charge in [0.25, 0.3) is 0 Å². The van der Waals surface area contributed by atoms with E-state index in [1.165, 1.54) is 51.7 Å². The normalized spacial score (nSPS) is 35.3. The summed E-state index contributed by atoms with van der Waals surface area (Å²) in [6.07, 6.45) is 6.99. The van der Waals surface area contributed by atoms with Crippen molar-refractivity contribution in [3.63, 3.8) is 0 Å². The third-order valence-electron chi connectivity index (χ3n) is 5.41. The van der Waals surface area contributed by atoms with E-state index in [1.807, 2.05) is 0 Å². The monoisotopic (exact) mass is 252 g/mol. The van der Waals surface area contributed by atoms with E-state index in [4.69, 9.17) is 0 Å². The number of hydrogen-bond donors (Lipinski definition) is 1. The number of rotatable bonds is 3. The lowest BCUT2D eigenvalue weighted by Gasteiger charge is -2.51. The fraction of sp³-hybridized carbons (Fsp3) is 1.00. The van der Waals surface area contributed by atoms with E-state index in [0.29, 0.717) is 11.6 Å². The standard InChI is InChI=1S/C16H32N2/c1-13(2)16(9-5-6-10-17-16)15-8-7-11-18(12-15)14(3)4/h13-15,17H,5-12H2,1-4H3. The number of nitrogens with zero attached hydrogens (tertiary/aromatic N) is 1. The van der Waals surface area contributed by atoms with Gasteiger partial charge in [0, 0.05) is 18.1 Å². The molecule has 2 atom stereocenters. The maximum Gasteiger partial charge on any atom is 0.0244 e. The van der Waals surface area contributed by atoms with Crippen LogP contribution >= 0.6 is 0 Å². The summed E-state index contributed by atoms with van der Waals surface area (Å²) in [4.78, 5) is 2.69. The highest BCUT2D eigenvalue weighted by atomic mass is 15.2. The molecule has 2 saturated heterocycles. The first-order valence-corrected chi connectivity index (χ1v) is 8.05. The Morgan fingerprint density at radius 3 is 2.44 bits per heavy atom. The van der Waals surface area contributed by atoms with Crippen molar-refractivity contribution in [2.45, 2.75) is 71.4 Å². The molecule has 18 heavy (non-hydrogen) atoms. The van der Waals surface area contributed by atoms with Gasteiger partial charge in [-0.05, 0) is 64.5 Å². The van der Waals surface area contributed by atoms with Crippen molar-refractivity contribution < 1.29 is 0 Å². The van der Waals surface area contributed by atoms with Crippen LogP contribution in [0.5, 0.6) is 0 Å². The Labute approximate surface area is 114 Å². The molecule has 2 nitrogen and oxygen atoms in total. The third kappa shape index (κ3) is 2.75. The van der Waals surface area contributed by atoms with Gasteiger partial charge in [-0.3, -0.25) is 0 Å². The van der Waals surface area contributed by atoms with Crippen LogP contribution < -0.4 is 5.32 Å². The largest absolute Gasteiger partial charge is 0.311 e. The minimum Gasteiger partial charge on any atom is -0.311 e. The van der Waals surface area contributed by atoms with Gasteiger partial charge in [-0.25, -0.2) is 0 Å². The van der Waals surface area contributed by atoms with E-state index in [1.54, 1.807) is 0 Å². The number of piperidine rings is 2. The molecule has 0 amide bonds. The lowest BCUT2D eigenvalue weighted by Crippen LogP contribution is -2.61. The second kappa shape index (κ2) is 5.92. The molecular formula is C16H32N2. The van der Waals surface area contributed by atoms with E-state index in [2.05, 4.69) is 37.9 Å². The maximum atomic E-state index is 3.93. The van der Waals surface area contributed by atoms with E-state index in [9.17, 15) is 0 Å². The summed E-state index contributed by atoms with van der Waals surface area (Å²) in [7, 11) is 0. The van der Waals surface area contributed by atoms with Crippen LogP contribution in [0, 0.1) is 11.8 Å². The molecule has 106 valence electrons. The van der Waals surface area contributed by atoms with Gasteiger partial charge in [-0.2, -0.15) is 0 Å². The fourth-order valence-electron chi connectivity index (χ4n) is 4.16. The predicted molar refractivity (Wildman–Crippen MR) is 78.9 cm³/mol. The van der Waals surface area contributed by atoms with Crippen molar-refractivity contribution in [3.05, 3.63) is 0 Å². The van der Waals surface area contributed by atoms with Crippen LogP contribution in [0.4, 0.5) is 0 Å². The highest BCUT2D eigenvalue weighted by molar-refractivity contribution is 5.01. The van der Waals surface area contributed by atoms with Crippen molar-refractivity contribution >= 4 is 0 Å². The van der Waals surface area contributed by atoms with Crippen LogP contribution in [-0.2, 0) is 0 Å². The smallest absolute Gasteiger partial charge is 0.0244 e. The molecule has 0 saturated carbocycles. The topological polar surface area (TPSA) is 15.3 Å². The minimum atomic E-state index is 0.422. The summed E-state index contributed by atoms with van der Waals surface area (Å²) < 4.78 is 0. The Morgan fingerprint density at radius 2 is 1.89 bits per heavy atom. The van der Waals surface area contributed by atoms with Crippen molar-refractivity contribution in [3.8, 4) is 0 Å². The van der Waals surface area contributed by atoms with E-state index in [0.717, 1.165) is 11.8 Å². The van der Waals surface area contributed by atoms with Gasteiger partial charge in [0.05, 0.1) is 0 Å². The molecule has 0 aromatic heterocycles. The molecule has 0 aliphatic carbocycles. The molecule has 2 aliphatic heterocycles. The first-order valence-electron chi connectivity index (χ1n) is 8.05. The Balaban J connectivity index is 2.10. The zero-order chi connectivity index (χ0) is 13.2. The summed E-state index contributed by atoms with van der Waals surface area (Å²) in [5.41, 5.74) is 0.422. The third-order valence-corrected chi connectivity index (χ3v) is 5.41. The molecule has 1 N–H and O–H groups in total. The van der Waals surface area contributed by atoms with E-state index in [-0.39, 0.29) is 0 Å². The first-order chi connectivity index (χ1) is 8.56. The lowest BCUT2D eigenvalue weighted by atomic mass is 9.67. The van der Waals surface area contributed by atoms with Gasteiger partial charge in [-0.15, -0.1) is 0 Å². The number of likely N-dealkylation sites (tertiary alicyclic amines) is 1. The zero-order valence-electron chi connectivity index (χ0n) is 12.8. The molecule has 0 radical (unpaired) electrons. The molecule has 2 heterocycles. The van der Waals surface area contributed by atoms with Gasteiger partial charge >= 0.3 is 0 Å². The predicted octanol–water partition coefficient (Wildman–Crippen LogP) is 3.28. The zero-order valence-corrected chi connectivity index (χ0v) is 12.8. The molecule has 2 unspecified atom stereocenters. The molecule has 2 aliphatic rings. The molecular weight excluding hydrogens is 220 g/mol. The summed E-state index contributed by atoms with van der Waals surface area (Å²) in [5.74, 6) is 1.61. The average molecular weight is 252 g/mol. The summed E-state index contributed by atoms with van der Waals surface area (Å²) >= 11 is 0. The second-order valence-corrected chi connectivity index (χ2v) is 7.01. The fourth-order valence-corrected chi connectivity index (χ4v) is 4.16. The summed E-state index contributed by atoms with van der Waals surface area (Å²) in [5, 5.41) is 3.93. The Morgan fingerprint density at radius 1 is 1.11 bits per heavy atom. The van der Waals surface area contributed by atoms with Gasteiger partial charge in [0.2, 0.25) is 0 Å². The average Bonchev–Trinajstić information content (AvgIpc) is 2.39. The highest BCUT2D eigenvalue weighted by Crippen LogP contribution is 2.39. The van der Waals surface area contributed by atoms with Crippen LogP contribution in [0.1, 0.15) is 59.8 Å². The van der Waals surface area contributed by atoms with Crippen molar-refractivity contribution in [1.29, 1.82) is 0 Å². The van der Waals surface area contributed by atoms with Crippen LogP contribution in [-0.4, -0.2) is 36.1 Å². The molecule has 2 rings (SSSR count). The summed E-state index contributed by atoms with van der Waals surface area (Å²) in [6, 6.07) is 0.709. The van der Waals surface area contributed by atoms with Gasteiger partial charge in [0.1, 0.15) is 0 Å². The van der Waals surface area contributed by atoms with Gasteiger partial charge in [0.15, 0.2) is 0 Å². The van der Waals surface area contributed by atoms with Crippen LogP contribution in [0.3, 0.4) is 0 Å². The van der Waals surface area contributed by atoms with Crippen molar-refractivity contribution in [2.75, 3.05) is 19.6 Å². The Kier molecular flexibility index (Phi) is 4.71. The van der Waals surface area contributed by atoms with Crippen LogP contribution in [0.25, 0.3) is 0 Å². The number of nitrogens with one attached hydrogen (secondary N) is 1. The highest BCUT2D eigenvalue weighted by Gasteiger charge is 2.43. The molecule has 2 fully saturated rings. The maximum absolute atomic E-state index is 3.93. The van der Waals surface area contributed by atoms with Crippen LogP contribution in [0.15, 0.2) is 0 Å². The van der Waals surface area contributed by atoms with Crippen molar-refractivity contribution in [1.82, 2.24) is 10.2 Å². The summed E-state index contributed by atoms with van der Waals surface area (Å²) in [6.45, 7) is 13.4. The second-order valence-electron chi connectivity index (χ2n) is 7.01. The Hall–Kier alpha value is -0.0800. The molecule has 0 aromatic rings. The van der Waals surface area contributed by atoms with E-state index < -0.39 is 0 Å². The van der Waals surface area contributed by atoms with Crippen molar-refractivity contribution in [2.24, 2.45) is 11.8 Å². The quantitative estimate of drug-likeness (QED) is 0.829. The van der Waals surface area contributed by atoms with E-state index >= 15 is 0 Å². The Bertz CT molecular complexity index is 254. The molecule has 0 spiro atoms. The van der Waals surface area contributed by atoms with Gasteiger partial charge in [-0.1, -0.05) is 20.3 Å². The molecule has 2 heteroatoms.